The number of quaternary nitrogens is 1. The zero-order valence-electron chi connectivity index (χ0n) is 48.8. The molecule has 8 nitrogen and oxygen atoms in total. The summed E-state index contributed by atoms with van der Waals surface area (Å²) in [6, 6.07) is 0. The molecule has 0 spiro atoms. The van der Waals surface area contributed by atoms with Crippen molar-refractivity contribution >= 4 is 13.8 Å². The van der Waals surface area contributed by atoms with Gasteiger partial charge in [0, 0.05) is 13.0 Å². The summed E-state index contributed by atoms with van der Waals surface area (Å²) in [5, 5.41) is 0. The Hall–Kier alpha value is -1.80. The van der Waals surface area contributed by atoms with Gasteiger partial charge < -0.3 is 27.9 Å². The maximum Gasteiger partial charge on any atom is 0.306 e. The van der Waals surface area contributed by atoms with Crippen LogP contribution in [0.1, 0.15) is 284 Å². The Balaban J connectivity index is 4.03. The summed E-state index contributed by atoms with van der Waals surface area (Å²) in [6.07, 6.45) is 74.2. The summed E-state index contributed by atoms with van der Waals surface area (Å²) < 4.78 is 34.9. The fourth-order valence-electron chi connectivity index (χ4n) is 8.87. The number of phosphoric ester groups is 1. The van der Waals surface area contributed by atoms with Gasteiger partial charge in [-0.2, -0.15) is 0 Å². The molecule has 428 valence electrons. The van der Waals surface area contributed by atoms with Crippen LogP contribution < -0.4 is 4.89 Å². The number of esters is 1. The van der Waals surface area contributed by atoms with Crippen LogP contribution >= 0.6 is 7.82 Å². The van der Waals surface area contributed by atoms with E-state index >= 15 is 0 Å². The number of hydrogen-bond donors (Lipinski definition) is 0. The number of likely N-dealkylation sites (N-methyl/N-ethyl adjacent to an activating group) is 1. The molecule has 9 heteroatoms. The topological polar surface area (TPSA) is 94.1 Å². The molecule has 0 aliphatic heterocycles. The van der Waals surface area contributed by atoms with Gasteiger partial charge in [-0.25, -0.2) is 0 Å². The van der Waals surface area contributed by atoms with Gasteiger partial charge in [0.1, 0.15) is 19.3 Å². The Morgan fingerprint density at radius 2 is 0.795 bits per heavy atom. The van der Waals surface area contributed by atoms with Crippen LogP contribution in [0.3, 0.4) is 0 Å². The van der Waals surface area contributed by atoms with Crippen molar-refractivity contribution in [2.45, 2.75) is 290 Å². The lowest BCUT2D eigenvalue weighted by molar-refractivity contribution is -0.870. The van der Waals surface area contributed by atoms with E-state index in [1.165, 1.54) is 193 Å². The number of nitrogens with zero attached hydrogens (tertiary/aromatic N) is 1. The highest BCUT2D eigenvalue weighted by Crippen LogP contribution is 2.38. The molecule has 0 rings (SSSR count). The zero-order valence-corrected chi connectivity index (χ0v) is 49.7. The molecular weight excluding hydrogens is 926 g/mol. The van der Waals surface area contributed by atoms with E-state index in [2.05, 4.69) is 74.6 Å². The van der Waals surface area contributed by atoms with Gasteiger partial charge >= 0.3 is 5.97 Å². The monoisotopic (exact) mass is 1050 g/mol. The summed E-state index contributed by atoms with van der Waals surface area (Å²) in [6.45, 7) is 5.34. The second-order valence-corrected chi connectivity index (χ2v) is 23.5. The molecule has 0 saturated carbocycles. The van der Waals surface area contributed by atoms with Crippen molar-refractivity contribution in [1.82, 2.24) is 0 Å². The standard InChI is InChI=1S/C64H120NO7P/c1-6-8-10-12-14-16-18-20-22-24-26-28-30-32-34-36-38-40-42-44-46-48-50-52-54-56-59-69-61-63(62-71-73(67,68)70-60-58-65(3,4)5)72-64(66)57-55-53-51-49-47-45-43-41-39-37-35-33-31-29-27-25-23-21-19-17-15-13-11-9-7-2/h9,11,15,17,21,23,27,29,33,35,63H,6-8,10,12-14,16,18-20,22,24-26,28,30-32,34,36-62H2,1-5H3/b11-9-,17-15-,23-21-,29-27-,35-33-. The number of carbonyl (C=O) groups is 1. The van der Waals surface area contributed by atoms with Crippen molar-refractivity contribution < 1.29 is 37.3 Å². The minimum absolute atomic E-state index is 0.0245. The third-order valence-electron chi connectivity index (χ3n) is 13.6. The minimum Gasteiger partial charge on any atom is -0.756 e. The molecule has 0 aromatic heterocycles. The van der Waals surface area contributed by atoms with Crippen LogP contribution in [0.25, 0.3) is 0 Å². The van der Waals surface area contributed by atoms with E-state index in [0.717, 1.165) is 70.6 Å². The lowest BCUT2D eigenvalue weighted by Crippen LogP contribution is -2.37. The molecule has 0 aromatic rings. The van der Waals surface area contributed by atoms with Crippen LogP contribution in [0.4, 0.5) is 0 Å². The lowest BCUT2D eigenvalue weighted by atomic mass is 10.0. The van der Waals surface area contributed by atoms with Gasteiger partial charge in [-0.05, 0) is 57.8 Å². The third-order valence-corrected chi connectivity index (χ3v) is 14.5. The third kappa shape index (κ3) is 60.9. The molecule has 2 unspecified atom stereocenters. The van der Waals surface area contributed by atoms with E-state index in [0.29, 0.717) is 24.1 Å². The first kappa shape index (κ1) is 71.2. The normalized spacial score (nSPS) is 13.8. The quantitative estimate of drug-likeness (QED) is 0.0197. The molecule has 0 amide bonds. The SMILES string of the molecule is CC/C=C\C/C=C\C/C=C\C/C=C\C/C=C\CCCCCCCCCCCC(=O)OC(COCCCCCCCCCCCCCCCCCCCCCCCCCCCC)COP(=O)([O-])OCC[N+](C)(C)C. The van der Waals surface area contributed by atoms with Gasteiger partial charge in [0.15, 0.2) is 0 Å². The maximum absolute atomic E-state index is 12.8. The van der Waals surface area contributed by atoms with Gasteiger partial charge in [-0.1, -0.05) is 280 Å². The van der Waals surface area contributed by atoms with E-state index in [9.17, 15) is 14.3 Å². The summed E-state index contributed by atoms with van der Waals surface area (Å²) in [4.78, 5) is 25.3. The van der Waals surface area contributed by atoms with Crippen molar-refractivity contribution in [2.24, 2.45) is 0 Å². The Labute approximate surface area is 453 Å². The van der Waals surface area contributed by atoms with Crippen LogP contribution in [-0.2, 0) is 27.9 Å². The van der Waals surface area contributed by atoms with Crippen LogP contribution in [0.15, 0.2) is 60.8 Å². The van der Waals surface area contributed by atoms with Gasteiger partial charge in [0.05, 0.1) is 34.4 Å². The highest BCUT2D eigenvalue weighted by Gasteiger charge is 2.20. The van der Waals surface area contributed by atoms with E-state index in [-0.39, 0.29) is 25.8 Å². The minimum atomic E-state index is -4.54. The molecule has 0 heterocycles. The summed E-state index contributed by atoms with van der Waals surface area (Å²) in [7, 11) is 1.36. The van der Waals surface area contributed by atoms with Crippen molar-refractivity contribution in [3.63, 3.8) is 0 Å². The Bertz CT molecular complexity index is 1350. The predicted octanol–water partition coefficient (Wildman–Crippen LogP) is 19.3. The van der Waals surface area contributed by atoms with Gasteiger partial charge in [-0.15, -0.1) is 0 Å². The first-order valence-electron chi connectivity index (χ1n) is 31.0. The fourth-order valence-corrected chi connectivity index (χ4v) is 9.60. The molecule has 0 fully saturated rings. The number of allylic oxidation sites excluding steroid dienone is 10. The molecule has 0 saturated heterocycles. The number of hydrogen-bond acceptors (Lipinski definition) is 7. The highest BCUT2D eigenvalue weighted by atomic mass is 31.2. The Morgan fingerprint density at radius 3 is 1.19 bits per heavy atom. The van der Waals surface area contributed by atoms with Gasteiger partial charge in [-0.3, -0.25) is 9.36 Å². The highest BCUT2D eigenvalue weighted by molar-refractivity contribution is 7.45. The van der Waals surface area contributed by atoms with Crippen molar-refractivity contribution in [2.75, 3.05) is 54.1 Å². The largest absolute Gasteiger partial charge is 0.756 e. The Kier molecular flexibility index (Phi) is 55.0. The van der Waals surface area contributed by atoms with Crippen molar-refractivity contribution in [1.29, 1.82) is 0 Å². The molecule has 0 aliphatic rings. The van der Waals surface area contributed by atoms with Gasteiger partial charge in [0.25, 0.3) is 7.82 Å². The number of ether oxygens (including phenoxy) is 2. The number of rotatable bonds is 58. The van der Waals surface area contributed by atoms with Crippen LogP contribution in [-0.4, -0.2) is 70.7 Å². The number of carbonyl (C=O) groups excluding carboxylic acids is 1. The molecule has 2 atom stereocenters. The van der Waals surface area contributed by atoms with Crippen LogP contribution in [0.2, 0.25) is 0 Å². The second kappa shape index (κ2) is 56.4. The van der Waals surface area contributed by atoms with Crippen molar-refractivity contribution in [3.8, 4) is 0 Å². The molecular formula is C64H120NO7P. The zero-order chi connectivity index (χ0) is 53.3. The van der Waals surface area contributed by atoms with Crippen LogP contribution in [0.5, 0.6) is 0 Å². The molecule has 0 radical (unpaired) electrons. The molecule has 73 heavy (non-hydrogen) atoms. The number of unbranched alkanes of at least 4 members (excludes halogenated alkanes) is 34. The molecule has 0 aromatic carbocycles. The number of phosphoric acid groups is 1. The maximum atomic E-state index is 12.8. The van der Waals surface area contributed by atoms with Crippen LogP contribution in [0, 0.1) is 0 Å². The van der Waals surface area contributed by atoms with E-state index < -0.39 is 13.9 Å². The summed E-state index contributed by atoms with van der Waals surface area (Å²) in [5.41, 5.74) is 0. The molecule has 0 aliphatic carbocycles. The second-order valence-electron chi connectivity index (χ2n) is 22.0. The van der Waals surface area contributed by atoms with E-state index in [4.69, 9.17) is 18.5 Å². The first-order valence-corrected chi connectivity index (χ1v) is 32.5. The molecule has 0 N–H and O–H groups in total. The lowest BCUT2D eigenvalue weighted by Gasteiger charge is -2.28. The Morgan fingerprint density at radius 1 is 0.438 bits per heavy atom. The van der Waals surface area contributed by atoms with Gasteiger partial charge in [0.2, 0.25) is 0 Å². The summed E-state index contributed by atoms with van der Waals surface area (Å²) >= 11 is 0. The van der Waals surface area contributed by atoms with E-state index in [1.54, 1.807) is 0 Å². The molecule has 0 bridgehead atoms. The first-order chi connectivity index (χ1) is 35.6. The average molecular weight is 1050 g/mol. The fraction of sp³-hybridized carbons (Fsp3) is 0.828. The average Bonchev–Trinajstić information content (AvgIpc) is 3.35. The predicted molar refractivity (Wildman–Crippen MR) is 314 cm³/mol. The van der Waals surface area contributed by atoms with Crippen molar-refractivity contribution in [3.05, 3.63) is 60.8 Å². The summed E-state index contributed by atoms with van der Waals surface area (Å²) in [5.74, 6) is -0.336. The smallest absolute Gasteiger partial charge is 0.306 e. The van der Waals surface area contributed by atoms with E-state index in [1.807, 2.05) is 21.1 Å².